The van der Waals surface area contributed by atoms with E-state index >= 15 is 0 Å². The van der Waals surface area contributed by atoms with Gasteiger partial charge in [-0.15, -0.1) is 0 Å². The summed E-state index contributed by atoms with van der Waals surface area (Å²) in [6.07, 6.45) is 2.33. The number of rotatable bonds is 5. The van der Waals surface area contributed by atoms with Crippen molar-refractivity contribution in [1.82, 2.24) is 14.8 Å². The van der Waals surface area contributed by atoms with Crippen LogP contribution in [0, 0.1) is 16.4 Å². The summed E-state index contributed by atoms with van der Waals surface area (Å²) in [4.78, 5) is 4.36. The Hall–Kier alpha value is -0.950. The van der Waals surface area contributed by atoms with Gasteiger partial charge in [-0.1, -0.05) is 32.0 Å². The average Bonchev–Trinajstić information content (AvgIpc) is 2.79. The molecule has 0 aliphatic rings. The molecule has 0 bridgehead atoms. The molecule has 2 N–H and O–H groups in total. The summed E-state index contributed by atoms with van der Waals surface area (Å²) in [6.45, 7) is 7.34. The van der Waals surface area contributed by atoms with Crippen LogP contribution in [0.2, 0.25) is 0 Å². The third-order valence-electron chi connectivity index (χ3n) is 3.26. The molecule has 0 amide bonds. The molecular weight excluding hydrogens is 363 g/mol. The minimum atomic E-state index is -0.0445. The Morgan fingerprint density at radius 3 is 2.80 bits per heavy atom. The van der Waals surface area contributed by atoms with E-state index in [1.54, 1.807) is 6.33 Å². The van der Waals surface area contributed by atoms with Crippen LogP contribution in [0.25, 0.3) is 0 Å². The summed E-state index contributed by atoms with van der Waals surface area (Å²) in [5.41, 5.74) is 8.82. The number of aryl methyl sites for hydroxylation is 1. The molecule has 0 saturated heterocycles. The fourth-order valence-corrected chi connectivity index (χ4v) is 2.97. The Bertz CT molecular complexity index is 577. The van der Waals surface area contributed by atoms with E-state index in [0.29, 0.717) is 12.3 Å². The smallest absolute Gasteiger partial charge is 0.138 e. The summed E-state index contributed by atoms with van der Waals surface area (Å²) < 4.78 is 3.21. The number of halogens is 1. The summed E-state index contributed by atoms with van der Waals surface area (Å²) in [6, 6.07) is 6.23. The van der Waals surface area contributed by atoms with Crippen LogP contribution in [0.15, 0.2) is 24.5 Å². The predicted molar refractivity (Wildman–Crippen MR) is 89.4 cm³/mol. The van der Waals surface area contributed by atoms with Gasteiger partial charge in [0.25, 0.3) is 0 Å². The molecule has 1 atom stereocenters. The van der Waals surface area contributed by atoms with E-state index in [4.69, 9.17) is 5.73 Å². The molecule has 108 valence electrons. The van der Waals surface area contributed by atoms with E-state index in [9.17, 15) is 0 Å². The highest BCUT2D eigenvalue weighted by Gasteiger charge is 2.15. The van der Waals surface area contributed by atoms with Crippen molar-refractivity contribution in [2.45, 2.75) is 39.8 Å². The van der Waals surface area contributed by atoms with E-state index < -0.39 is 0 Å². The van der Waals surface area contributed by atoms with Gasteiger partial charge in [-0.25, -0.2) is 9.67 Å². The van der Waals surface area contributed by atoms with Gasteiger partial charge >= 0.3 is 0 Å². The van der Waals surface area contributed by atoms with Crippen LogP contribution >= 0.6 is 22.6 Å². The molecule has 0 aliphatic heterocycles. The lowest BCUT2D eigenvalue weighted by Crippen LogP contribution is -2.19. The van der Waals surface area contributed by atoms with E-state index in [0.717, 1.165) is 12.4 Å². The molecule has 0 aliphatic carbocycles. The molecule has 20 heavy (non-hydrogen) atoms. The third-order valence-corrected chi connectivity index (χ3v) is 4.73. The topological polar surface area (TPSA) is 56.7 Å². The van der Waals surface area contributed by atoms with Crippen LogP contribution in [-0.2, 0) is 13.0 Å². The molecule has 4 nitrogen and oxygen atoms in total. The van der Waals surface area contributed by atoms with E-state index in [2.05, 4.69) is 71.6 Å². The number of nitrogens with zero attached hydrogens (tertiary/aromatic N) is 3. The van der Waals surface area contributed by atoms with Gasteiger partial charge in [-0.3, -0.25) is 0 Å². The number of hydrogen-bond acceptors (Lipinski definition) is 3. The molecule has 0 fully saturated rings. The van der Waals surface area contributed by atoms with Gasteiger partial charge in [-0.2, -0.15) is 5.10 Å². The maximum atomic E-state index is 6.37. The molecule has 2 rings (SSSR count). The quantitative estimate of drug-likeness (QED) is 0.807. The minimum Gasteiger partial charge on any atom is -0.324 e. The lowest BCUT2D eigenvalue weighted by Gasteiger charge is -2.16. The van der Waals surface area contributed by atoms with E-state index in [1.807, 2.05) is 4.68 Å². The maximum Gasteiger partial charge on any atom is 0.138 e. The normalized spacial score (nSPS) is 12.9. The molecule has 1 aromatic heterocycles. The predicted octanol–water partition coefficient (Wildman–Crippen LogP) is 3.09. The first-order valence-corrected chi connectivity index (χ1v) is 7.94. The third kappa shape index (κ3) is 3.58. The summed E-state index contributed by atoms with van der Waals surface area (Å²) in [5, 5.41) is 4.29. The number of hydrogen-bond donors (Lipinski definition) is 1. The van der Waals surface area contributed by atoms with Crippen LogP contribution in [0.1, 0.15) is 36.8 Å². The SMILES string of the molecule is Cc1cccc(C(N)Cc2ncnn2CC(C)C)c1I. The Kier molecular flexibility index (Phi) is 5.15. The maximum absolute atomic E-state index is 6.37. The summed E-state index contributed by atoms with van der Waals surface area (Å²) >= 11 is 2.37. The van der Waals surface area contributed by atoms with Crippen LogP contribution < -0.4 is 5.73 Å². The van der Waals surface area contributed by atoms with Crippen LogP contribution in [0.5, 0.6) is 0 Å². The fourth-order valence-electron chi connectivity index (χ4n) is 2.21. The fraction of sp³-hybridized carbons (Fsp3) is 0.467. The van der Waals surface area contributed by atoms with Crippen molar-refractivity contribution in [3.05, 3.63) is 45.0 Å². The molecule has 1 aromatic carbocycles. The molecule has 0 radical (unpaired) electrons. The molecule has 1 heterocycles. The van der Waals surface area contributed by atoms with E-state index in [-0.39, 0.29) is 6.04 Å². The van der Waals surface area contributed by atoms with Gasteiger partial charge in [0.15, 0.2) is 0 Å². The first-order valence-electron chi connectivity index (χ1n) is 6.86. The van der Waals surface area contributed by atoms with Gasteiger partial charge in [-0.05, 0) is 46.6 Å². The molecule has 2 aromatic rings. The Morgan fingerprint density at radius 2 is 2.10 bits per heavy atom. The molecular formula is C15H21IN4. The largest absolute Gasteiger partial charge is 0.324 e. The number of nitrogens with two attached hydrogens (primary N) is 1. The monoisotopic (exact) mass is 384 g/mol. The zero-order valence-corrected chi connectivity index (χ0v) is 14.3. The van der Waals surface area contributed by atoms with Crippen LogP contribution in [-0.4, -0.2) is 14.8 Å². The first-order chi connectivity index (χ1) is 9.49. The van der Waals surface area contributed by atoms with Crippen molar-refractivity contribution in [2.75, 3.05) is 0 Å². The van der Waals surface area contributed by atoms with Crippen molar-refractivity contribution in [3.8, 4) is 0 Å². The highest BCUT2D eigenvalue weighted by molar-refractivity contribution is 14.1. The van der Waals surface area contributed by atoms with Gasteiger partial charge in [0.1, 0.15) is 12.2 Å². The lowest BCUT2D eigenvalue weighted by molar-refractivity contribution is 0.459. The van der Waals surface area contributed by atoms with Crippen molar-refractivity contribution in [2.24, 2.45) is 11.7 Å². The molecule has 0 saturated carbocycles. The van der Waals surface area contributed by atoms with Gasteiger partial charge in [0.05, 0.1) is 0 Å². The Morgan fingerprint density at radius 1 is 1.35 bits per heavy atom. The second-order valence-electron chi connectivity index (χ2n) is 5.54. The highest BCUT2D eigenvalue weighted by atomic mass is 127. The number of aromatic nitrogens is 3. The summed E-state index contributed by atoms with van der Waals surface area (Å²) in [7, 11) is 0. The Balaban J connectivity index is 2.17. The second-order valence-corrected chi connectivity index (χ2v) is 6.62. The van der Waals surface area contributed by atoms with Crippen LogP contribution in [0.3, 0.4) is 0 Å². The van der Waals surface area contributed by atoms with Gasteiger partial charge < -0.3 is 5.73 Å². The standard InChI is InChI=1S/C15H21IN4/c1-10(2)8-20-14(18-9-19-20)7-13(17)12-6-4-5-11(3)15(12)16/h4-6,9-10,13H,7-8,17H2,1-3H3. The van der Waals surface area contributed by atoms with E-state index in [1.165, 1.54) is 14.7 Å². The molecule has 0 spiro atoms. The molecule has 5 heteroatoms. The Labute approximate surface area is 133 Å². The van der Waals surface area contributed by atoms with Crippen molar-refractivity contribution in [3.63, 3.8) is 0 Å². The van der Waals surface area contributed by atoms with Crippen molar-refractivity contribution >= 4 is 22.6 Å². The molecule has 1 unspecified atom stereocenters. The highest BCUT2D eigenvalue weighted by Crippen LogP contribution is 2.23. The zero-order chi connectivity index (χ0) is 14.7. The first kappa shape index (κ1) is 15.4. The average molecular weight is 384 g/mol. The van der Waals surface area contributed by atoms with Crippen molar-refractivity contribution < 1.29 is 0 Å². The summed E-state index contributed by atoms with van der Waals surface area (Å²) in [5.74, 6) is 1.51. The van der Waals surface area contributed by atoms with Gasteiger partial charge in [0, 0.05) is 22.6 Å². The lowest BCUT2D eigenvalue weighted by atomic mass is 10.0. The minimum absolute atomic E-state index is 0.0445. The van der Waals surface area contributed by atoms with Crippen molar-refractivity contribution in [1.29, 1.82) is 0 Å². The zero-order valence-electron chi connectivity index (χ0n) is 12.2. The second kappa shape index (κ2) is 6.67. The number of benzene rings is 1. The van der Waals surface area contributed by atoms with Gasteiger partial charge in [0.2, 0.25) is 0 Å². The van der Waals surface area contributed by atoms with Crippen LogP contribution in [0.4, 0.5) is 0 Å².